The van der Waals surface area contributed by atoms with Crippen LogP contribution in [0.1, 0.15) is 29.6 Å². The first kappa shape index (κ1) is 15.0. The first-order valence-corrected chi connectivity index (χ1v) is 7.67. The summed E-state index contributed by atoms with van der Waals surface area (Å²) >= 11 is 0. The van der Waals surface area contributed by atoms with Crippen molar-refractivity contribution in [2.75, 3.05) is 14.2 Å². The summed E-state index contributed by atoms with van der Waals surface area (Å²) in [6.45, 7) is 0. The van der Waals surface area contributed by atoms with Gasteiger partial charge in [-0.1, -0.05) is 18.2 Å². The van der Waals surface area contributed by atoms with Crippen LogP contribution < -0.4 is 0 Å². The fourth-order valence-corrected chi connectivity index (χ4v) is 3.77. The van der Waals surface area contributed by atoms with E-state index >= 15 is 0 Å². The minimum absolute atomic E-state index is 0.0970. The van der Waals surface area contributed by atoms with Crippen LogP contribution in [0.4, 0.5) is 0 Å². The topological polar surface area (TPSA) is 55.8 Å². The number of methoxy groups -OCH3 is 1. The van der Waals surface area contributed by atoms with E-state index in [9.17, 15) is 9.59 Å². The number of ether oxygens (including phenoxy) is 2. The summed E-state index contributed by atoms with van der Waals surface area (Å²) in [7, 11) is 3.42. The molecule has 0 saturated carbocycles. The summed E-state index contributed by atoms with van der Waals surface area (Å²) < 4.78 is 10.6. The van der Waals surface area contributed by atoms with Crippen molar-refractivity contribution in [2.24, 2.45) is 5.92 Å². The molecule has 118 valence electrons. The Hall–Kier alpha value is -1.88. The van der Waals surface area contributed by atoms with Crippen LogP contribution in [0.3, 0.4) is 0 Å². The predicted molar refractivity (Wildman–Crippen MR) is 80.3 cm³/mol. The van der Waals surface area contributed by atoms with Gasteiger partial charge in [-0.25, -0.2) is 4.79 Å². The van der Waals surface area contributed by atoms with Gasteiger partial charge in [0, 0.05) is 18.5 Å². The Morgan fingerprint density at radius 1 is 1.18 bits per heavy atom. The summed E-state index contributed by atoms with van der Waals surface area (Å²) in [6, 6.07) is 9.36. The quantitative estimate of drug-likeness (QED) is 0.798. The maximum absolute atomic E-state index is 12.3. The van der Waals surface area contributed by atoms with E-state index in [1.165, 1.54) is 7.11 Å². The second-order valence-electron chi connectivity index (χ2n) is 6.06. The van der Waals surface area contributed by atoms with Crippen molar-refractivity contribution in [1.29, 1.82) is 0 Å². The Bertz CT molecular complexity index is 559. The van der Waals surface area contributed by atoms with Crippen molar-refractivity contribution >= 4 is 11.9 Å². The SMILES string of the molecule is COC(=O)[C@@H]1[C@H]2CCC(C[C@H]1OC(=O)c1ccccc1)N2C. The summed E-state index contributed by atoms with van der Waals surface area (Å²) in [5.41, 5.74) is 0.511. The van der Waals surface area contributed by atoms with Gasteiger partial charge in [0.15, 0.2) is 0 Å². The average molecular weight is 303 g/mol. The molecule has 22 heavy (non-hydrogen) atoms. The molecule has 2 heterocycles. The van der Waals surface area contributed by atoms with Crippen molar-refractivity contribution < 1.29 is 19.1 Å². The van der Waals surface area contributed by atoms with E-state index in [-0.39, 0.29) is 18.0 Å². The lowest BCUT2D eigenvalue weighted by Gasteiger charge is -2.40. The summed E-state index contributed by atoms with van der Waals surface area (Å²) in [5, 5.41) is 0. The zero-order valence-electron chi connectivity index (χ0n) is 12.9. The second kappa shape index (κ2) is 6.08. The van der Waals surface area contributed by atoms with Gasteiger partial charge in [-0.2, -0.15) is 0 Å². The van der Waals surface area contributed by atoms with E-state index in [2.05, 4.69) is 4.90 Å². The second-order valence-corrected chi connectivity index (χ2v) is 6.06. The molecule has 2 fully saturated rings. The molecule has 4 atom stereocenters. The molecule has 3 rings (SSSR count). The maximum Gasteiger partial charge on any atom is 0.338 e. The third-order valence-electron chi connectivity index (χ3n) is 4.96. The number of benzene rings is 1. The molecule has 0 N–H and O–H groups in total. The minimum Gasteiger partial charge on any atom is -0.469 e. The van der Waals surface area contributed by atoms with Gasteiger partial charge in [-0.15, -0.1) is 0 Å². The Balaban J connectivity index is 1.79. The zero-order chi connectivity index (χ0) is 15.7. The number of hydrogen-bond acceptors (Lipinski definition) is 5. The van der Waals surface area contributed by atoms with E-state index < -0.39 is 12.0 Å². The van der Waals surface area contributed by atoms with Crippen molar-refractivity contribution in [2.45, 2.75) is 37.5 Å². The van der Waals surface area contributed by atoms with Crippen molar-refractivity contribution in [3.05, 3.63) is 35.9 Å². The van der Waals surface area contributed by atoms with Crippen LogP contribution in [-0.2, 0) is 14.3 Å². The number of piperidine rings is 1. The fraction of sp³-hybridized carbons (Fsp3) is 0.529. The van der Waals surface area contributed by atoms with Crippen LogP contribution in [0.15, 0.2) is 30.3 Å². The lowest BCUT2D eigenvalue weighted by molar-refractivity contribution is -0.156. The molecule has 5 heteroatoms. The highest BCUT2D eigenvalue weighted by atomic mass is 16.6. The molecule has 0 aromatic heterocycles. The van der Waals surface area contributed by atoms with Gasteiger partial charge in [0.2, 0.25) is 0 Å². The number of hydrogen-bond donors (Lipinski definition) is 0. The number of rotatable bonds is 3. The van der Waals surface area contributed by atoms with E-state index in [1.54, 1.807) is 24.3 Å². The van der Waals surface area contributed by atoms with Crippen molar-refractivity contribution in [3.63, 3.8) is 0 Å². The van der Waals surface area contributed by atoms with Crippen molar-refractivity contribution in [3.8, 4) is 0 Å². The van der Waals surface area contributed by atoms with Gasteiger partial charge in [-0.3, -0.25) is 9.69 Å². The van der Waals surface area contributed by atoms with Gasteiger partial charge < -0.3 is 9.47 Å². The van der Waals surface area contributed by atoms with Crippen LogP contribution in [0.2, 0.25) is 0 Å². The predicted octanol–water partition coefficient (Wildman–Crippen LogP) is 1.87. The number of carbonyl (C=O) groups excluding carboxylic acids is 2. The highest BCUT2D eigenvalue weighted by Gasteiger charge is 2.50. The molecule has 1 unspecified atom stereocenters. The largest absolute Gasteiger partial charge is 0.469 e. The molecule has 0 aliphatic carbocycles. The molecule has 1 aromatic carbocycles. The van der Waals surface area contributed by atoms with Crippen molar-refractivity contribution in [1.82, 2.24) is 4.90 Å². The van der Waals surface area contributed by atoms with Crippen LogP contribution in [0, 0.1) is 5.92 Å². The number of esters is 2. The zero-order valence-corrected chi connectivity index (χ0v) is 12.9. The van der Waals surface area contributed by atoms with Crippen LogP contribution >= 0.6 is 0 Å². The molecular weight excluding hydrogens is 282 g/mol. The third-order valence-corrected chi connectivity index (χ3v) is 4.96. The lowest BCUT2D eigenvalue weighted by Crippen LogP contribution is -2.53. The van der Waals surface area contributed by atoms with E-state index in [0.717, 1.165) is 12.8 Å². The summed E-state index contributed by atoms with van der Waals surface area (Å²) in [5.74, 6) is -1.06. The Kier molecular flexibility index (Phi) is 4.16. The summed E-state index contributed by atoms with van der Waals surface area (Å²) in [6.07, 6.45) is 2.26. The smallest absolute Gasteiger partial charge is 0.338 e. The average Bonchev–Trinajstić information content (AvgIpc) is 2.78. The molecular formula is C17H21NO4. The van der Waals surface area contributed by atoms with E-state index in [0.29, 0.717) is 18.0 Å². The van der Waals surface area contributed by atoms with Gasteiger partial charge in [-0.05, 0) is 32.0 Å². The highest BCUT2D eigenvalue weighted by Crippen LogP contribution is 2.40. The van der Waals surface area contributed by atoms with Gasteiger partial charge in [0.25, 0.3) is 0 Å². The summed E-state index contributed by atoms with van der Waals surface area (Å²) in [4.78, 5) is 26.7. The molecule has 0 spiro atoms. The number of carbonyl (C=O) groups is 2. The lowest BCUT2D eigenvalue weighted by atomic mass is 9.87. The normalized spacial score (nSPS) is 30.8. The van der Waals surface area contributed by atoms with Gasteiger partial charge >= 0.3 is 11.9 Å². The molecule has 2 aliphatic heterocycles. The van der Waals surface area contributed by atoms with Crippen LogP contribution in [-0.4, -0.2) is 49.2 Å². The first-order valence-electron chi connectivity index (χ1n) is 7.67. The molecule has 0 amide bonds. The molecule has 2 aliphatic rings. The first-order chi connectivity index (χ1) is 10.6. The van der Waals surface area contributed by atoms with Crippen LogP contribution in [0.5, 0.6) is 0 Å². The van der Waals surface area contributed by atoms with E-state index in [4.69, 9.17) is 9.47 Å². The monoisotopic (exact) mass is 303 g/mol. The molecule has 2 saturated heterocycles. The third kappa shape index (κ3) is 2.61. The Labute approximate surface area is 130 Å². The van der Waals surface area contributed by atoms with Gasteiger partial charge in [0.1, 0.15) is 12.0 Å². The molecule has 1 aromatic rings. The number of nitrogens with zero attached hydrogens (tertiary/aromatic N) is 1. The minimum atomic E-state index is -0.408. The Morgan fingerprint density at radius 3 is 2.59 bits per heavy atom. The van der Waals surface area contributed by atoms with E-state index in [1.807, 2.05) is 13.1 Å². The fourth-order valence-electron chi connectivity index (χ4n) is 3.77. The van der Waals surface area contributed by atoms with Crippen LogP contribution in [0.25, 0.3) is 0 Å². The molecule has 0 radical (unpaired) electrons. The maximum atomic E-state index is 12.3. The number of fused-ring (bicyclic) bond motifs is 2. The molecule has 2 bridgehead atoms. The highest BCUT2D eigenvalue weighted by molar-refractivity contribution is 5.89. The molecule has 5 nitrogen and oxygen atoms in total. The standard InChI is InChI=1S/C17H21NO4/c1-18-12-8-9-13(18)15(17(20)21-2)14(10-12)22-16(19)11-6-4-3-5-7-11/h3-7,12-15H,8-10H2,1-2H3/t12?,13-,14-,15-/m1/s1. The Morgan fingerprint density at radius 2 is 1.91 bits per heavy atom. The van der Waals surface area contributed by atoms with Gasteiger partial charge in [0.05, 0.1) is 12.7 Å².